The van der Waals surface area contributed by atoms with Crippen LogP contribution in [0, 0.1) is 0 Å². The molecule has 10 heavy (non-hydrogen) atoms. The van der Waals surface area contributed by atoms with Gasteiger partial charge in [0.2, 0.25) is 0 Å². The molecule has 60 valence electrons. The summed E-state index contributed by atoms with van der Waals surface area (Å²) in [5.74, 6) is 6.02. The second-order valence-corrected chi connectivity index (χ2v) is 2.68. The van der Waals surface area contributed by atoms with Crippen LogP contribution in [0.2, 0.25) is 0 Å². The van der Waals surface area contributed by atoms with Gasteiger partial charge in [-0.05, 0) is 14.1 Å². The number of hydrogen-bond donors (Lipinski definition) is 1. The Morgan fingerprint density at radius 1 is 1.30 bits per heavy atom. The lowest BCUT2D eigenvalue weighted by molar-refractivity contribution is 0.443. The number of nitrogens with zero attached hydrogens (tertiary/aromatic N) is 3. The first kappa shape index (κ1) is 9.23. The molecule has 0 aliphatic carbocycles. The van der Waals surface area contributed by atoms with Crippen LogP contribution in [-0.2, 0) is 0 Å². The van der Waals surface area contributed by atoms with Crippen LogP contribution in [0.4, 0.5) is 0 Å². The van der Waals surface area contributed by atoms with Crippen LogP contribution in [0.3, 0.4) is 0 Å². The maximum absolute atomic E-state index is 5.14. The van der Waals surface area contributed by atoms with E-state index in [1.54, 1.807) is 0 Å². The molecule has 0 rings (SSSR count). The van der Waals surface area contributed by atoms with Crippen LogP contribution in [0.25, 0.3) is 0 Å². The molecule has 0 bridgehead atoms. The Morgan fingerprint density at radius 3 is 1.90 bits per heavy atom. The van der Waals surface area contributed by atoms with Crippen molar-refractivity contribution >= 4 is 5.84 Å². The third-order valence-electron chi connectivity index (χ3n) is 1.12. The highest BCUT2D eigenvalue weighted by molar-refractivity contribution is 5.83. The van der Waals surface area contributed by atoms with Crippen molar-refractivity contribution in [2.45, 2.75) is 0 Å². The van der Waals surface area contributed by atoms with Gasteiger partial charge in [-0.25, -0.2) is 0 Å². The first-order chi connectivity index (χ1) is 4.57. The molecule has 0 unspecified atom stereocenters. The highest BCUT2D eigenvalue weighted by atomic mass is 15.3. The van der Waals surface area contributed by atoms with Crippen molar-refractivity contribution in [3.63, 3.8) is 0 Å². The highest BCUT2D eigenvalue weighted by Crippen LogP contribution is 1.83. The first-order valence-electron chi connectivity index (χ1n) is 3.16. The average Bonchev–Trinajstić information content (AvgIpc) is 1.81. The Balaban J connectivity index is 3.86. The van der Waals surface area contributed by atoms with Gasteiger partial charge in [0.05, 0.1) is 6.54 Å². The maximum atomic E-state index is 5.14. The summed E-state index contributed by atoms with van der Waals surface area (Å²) in [4.78, 5) is 3.92. The molecule has 0 aromatic heterocycles. The average molecular weight is 144 g/mol. The number of hydrogen-bond acceptors (Lipinski definition) is 3. The molecule has 0 aromatic rings. The fraction of sp³-hybridized carbons (Fsp3) is 0.833. The van der Waals surface area contributed by atoms with Crippen LogP contribution >= 0.6 is 0 Å². The predicted molar refractivity (Wildman–Crippen MR) is 43.9 cm³/mol. The standard InChI is InChI=1S/C6H16N4/c1-9(2)5-6(8-7)10(3)4/h5,7H2,1-4H3. The second-order valence-electron chi connectivity index (χ2n) is 2.68. The van der Waals surface area contributed by atoms with E-state index in [4.69, 9.17) is 5.84 Å². The molecule has 0 aliphatic heterocycles. The van der Waals surface area contributed by atoms with Crippen LogP contribution < -0.4 is 5.84 Å². The minimum Gasteiger partial charge on any atom is -0.364 e. The van der Waals surface area contributed by atoms with Gasteiger partial charge in [-0.2, -0.15) is 5.10 Å². The summed E-state index contributed by atoms with van der Waals surface area (Å²) in [5.41, 5.74) is 0. The molecule has 0 saturated carbocycles. The molecule has 0 fully saturated rings. The van der Waals surface area contributed by atoms with Crippen molar-refractivity contribution in [3.8, 4) is 0 Å². The molecule has 4 heteroatoms. The molecule has 0 heterocycles. The lowest BCUT2D eigenvalue weighted by Gasteiger charge is -2.17. The van der Waals surface area contributed by atoms with Crippen molar-refractivity contribution in [3.05, 3.63) is 0 Å². The summed E-state index contributed by atoms with van der Waals surface area (Å²) in [6, 6.07) is 0. The van der Waals surface area contributed by atoms with Gasteiger partial charge in [0.25, 0.3) is 0 Å². The Labute approximate surface area is 62.3 Å². The third kappa shape index (κ3) is 3.29. The summed E-state index contributed by atoms with van der Waals surface area (Å²) in [6.07, 6.45) is 0. The van der Waals surface area contributed by atoms with Crippen LogP contribution in [0.1, 0.15) is 0 Å². The van der Waals surface area contributed by atoms with Crippen molar-refractivity contribution in [2.24, 2.45) is 10.9 Å². The quantitative estimate of drug-likeness (QED) is 0.243. The third-order valence-corrected chi connectivity index (χ3v) is 1.12. The fourth-order valence-corrected chi connectivity index (χ4v) is 0.581. The van der Waals surface area contributed by atoms with E-state index in [1.807, 2.05) is 38.0 Å². The smallest absolute Gasteiger partial charge is 0.138 e. The van der Waals surface area contributed by atoms with E-state index < -0.39 is 0 Å². The molecule has 0 aromatic carbocycles. The van der Waals surface area contributed by atoms with Crippen LogP contribution in [-0.4, -0.2) is 50.4 Å². The normalized spacial score (nSPS) is 12.3. The van der Waals surface area contributed by atoms with E-state index in [0.717, 1.165) is 12.4 Å². The van der Waals surface area contributed by atoms with Gasteiger partial charge >= 0.3 is 0 Å². The molecule has 4 nitrogen and oxygen atoms in total. The lowest BCUT2D eigenvalue weighted by atomic mass is 10.5. The van der Waals surface area contributed by atoms with Crippen molar-refractivity contribution in [2.75, 3.05) is 34.7 Å². The zero-order valence-corrected chi connectivity index (χ0v) is 7.13. The number of likely N-dealkylation sites (N-methyl/N-ethyl adjacent to an activating group) is 2. The number of nitrogens with two attached hydrogens (primary N) is 1. The fourth-order valence-electron chi connectivity index (χ4n) is 0.581. The van der Waals surface area contributed by atoms with Crippen LogP contribution in [0.15, 0.2) is 5.10 Å². The number of rotatable bonds is 2. The SMILES string of the molecule is CN(C)CC(=NN)N(C)C. The van der Waals surface area contributed by atoms with E-state index >= 15 is 0 Å². The highest BCUT2D eigenvalue weighted by Gasteiger charge is 2.01. The van der Waals surface area contributed by atoms with Gasteiger partial charge < -0.3 is 15.6 Å². The molecular formula is C6H16N4. The first-order valence-corrected chi connectivity index (χ1v) is 3.16. The zero-order chi connectivity index (χ0) is 8.15. The van der Waals surface area contributed by atoms with E-state index in [-0.39, 0.29) is 0 Å². The van der Waals surface area contributed by atoms with E-state index in [1.165, 1.54) is 0 Å². The lowest BCUT2D eigenvalue weighted by Crippen LogP contribution is -2.33. The zero-order valence-electron chi connectivity index (χ0n) is 7.13. The van der Waals surface area contributed by atoms with Gasteiger partial charge in [0.1, 0.15) is 5.84 Å². The molecule has 2 N–H and O–H groups in total. The number of hydrazone groups is 1. The van der Waals surface area contributed by atoms with E-state index in [0.29, 0.717) is 0 Å². The van der Waals surface area contributed by atoms with E-state index in [2.05, 4.69) is 5.10 Å². The molecule has 0 spiro atoms. The Hall–Kier alpha value is -0.770. The van der Waals surface area contributed by atoms with Gasteiger partial charge in [-0.15, -0.1) is 0 Å². The summed E-state index contributed by atoms with van der Waals surface area (Å²) in [5, 5.41) is 3.63. The molecule has 0 radical (unpaired) electrons. The largest absolute Gasteiger partial charge is 0.364 e. The molecule has 0 atom stereocenters. The Morgan fingerprint density at radius 2 is 1.80 bits per heavy atom. The summed E-state index contributed by atoms with van der Waals surface area (Å²) < 4.78 is 0. The molecule has 0 amide bonds. The monoisotopic (exact) mass is 144 g/mol. The molecular weight excluding hydrogens is 128 g/mol. The van der Waals surface area contributed by atoms with Crippen molar-refractivity contribution < 1.29 is 0 Å². The topological polar surface area (TPSA) is 44.9 Å². The summed E-state index contributed by atoms with van der Waals surface area (Å²) in [6.45, 7) is 0.781. The number of amidine groups is 1. The molecule has 0 saturated heterocycles. The van der Waals surface area contributed by atoms with Gasteiger partial charge in [-0.1, -0.05) is 0 Å². The molecule has 0 aliphatic rings. The minimum atomic E-state index is 0.781. The van der Waals surface area contributed by atoms with E-state index in [9.17, 15) is 0 Å². The second kappa shape index (κ2) is 4.11. The van der Waals surface area contributed by atoms with Crippen molar-refractivity contribution in [1.29, 1.82) is 0 Å². The van der Waals surface area contributed by atoms with Gasteiger partial charge in [0.15, 0.2) is 0 Å². The van der Waals surface area contributed by atoms with Gasteiger partial charge in [-0.3, -0.25) is 0 Å². The van der Waals surface area contributed by atoms with Gasteiger partial charge in [0, 0.05) is 14.1 Å². The maximum Gasteiger partial charge on any atom is 0.138 e. The predicted octanol–water partition coefficient (Wildman–Crippen LogP) is -0.618. The van der Waals surface area contributed by atoms with Crippen molar-refractivity contribution in [1.82, 2.24) is 9.80 Å². The Kier molecular flexibility index (Phi) is 3.79. The summed E-state index contributed by atoms with van der Waals surface area (Å²) in [7, 11) is 7.81. The summed E-state index contributed by atoms with van der Waals surface area (Å²) >= 11 is 0. The minimum absolute atomic E-state index is 0.781. The Bertz CT molecular complexity index is 117. The van der Waals surface area contributed by atoms with Crippen LogP contribution in [0.5, 0.6) is 0 Å².